The molecule has 2 aliphatic rings. The van der Waals surface area contributed by atoms with Gasteiger partial charge in [-0.2, -0.15) is 0 Å². The van der Waals surface area contributed by atoms with Gasteiger partial charge in [0, 0.05) is 45.1 Å². The standard InChI is InChI=1S/C36H26N4S2/c1-5-13-33-29(9-1)39(30-10-2-6-14-34(30)41-33)23-25-17-19-37-27(21-25)28-22-26(18-20-38-28)24-40-31-11-3-7-15-35(31)42-36-16-8-4-12-32(36)40/h1-22H,23-24H2. The minimum atomic E-state index is 0.753. The van der Waals surface area contributed by atoms with Crippen molar-refractivity contribution in [3.05, 3.63) is 145 Å². The Balaban J connectivity index is 1.10. The number of hydrogen-bond donors (Lipinski definition) is 0. The van der Waals surface area contributed by atoms with Crippen molar-refractivity contribution in [2.75, 3.05) is 9.80 Å². The van der Waals surface area contributed by atoms with Gasteiger partial charge in [-0.3, -0.25) is 9.97 Å². The first-order valence-electron chi connectivity index (χ1n) is 14.0. The first-order valence-corrected chi connectivity index (χ1v) is 15.6. The molecule has 6 aromatic rings. The van der Waals surface area contributed by atoms with E-state index in [-0.39, 0.29) is 0 Å². The molecule has 4 nitrogen and oxygen atoms in total. The summed E-state index contributed by atoms with van der Waals surface area (Å²) in [6.07, 6.45) is 3.81. The molecule has 4 aromatic carbocycles. The van der Waals surface area contributed by atoms with Crippen molar-refractivity contribution in [2.45, 2.75) is 32.7 Å². The molecule has 42 heavy (non-hydrogen) atoms. The summed E-state index contributed by atoms with van der Waals surface area (Å²) in [5.41, 5.74) is 9.11. The van der Waals surface area contributed by atoms with Crippen molar-refractivity contribution in [3.63, 3.8) is 0 Å². The molecule has 0 bridgehead atoms. The third kappa shape index (κ3) is 4.63. The number of anilines is 4. The molecule has 0 unspecified atom stereocenters. The summed E-state index contributed by atoms with van der Waals surface area (Å²) in [7, 11) is 0. The highest BCUT2D eigenvalue weighted by Gasteiger charge is 2.24. The van der Waals surface area contributed by atoms with E-state index in [1.165, 1.54) is 53.5 Å². The molecule has 202 valence electrons. The molecule has 0 saturated carbocycles. The van der Waals surface area contributed by atoms with E-state index >= 15 is 0 Å². The van der Waals surface area contributed by atoms with Gasteiger partial charge in [0.05, 0.1) is 34.1 Å². The summed E-state index contributed by atoms with van der Waals surface area (Å²) in [5, 5.41) is 0. The quantitative estimate of drug-likeness (QED) is 0.202. The lowest BCUT2D eigenvalue weighted by atomic mass is 10.1. The maximum absolute atomic E-state index is 4.75. The SMILES string of the molecule is c1ccc2c(c1)Sc1ccccc1N2Cc1ccnc(-c2cc(CN3c4ccccc4Sc4ccccc43)ccn2)c1. The van der Waals surface area contributed by atoms with Crippen molar-refractivity contribution >= 4 is 46.3 Å². The minimum absolute atomic E-state index is 0.753. The molecule has 0 atom stereocenters. The van der Waals surface area contributed by atoms with E-state index in [4.69, 9.17) is 9.97 Å². The Morgan fingerprint density at radius 2 is 0.762 bits per heavy atom. The Morgan fingerprint density at radius 3 is 1.12 bits per heavy atom. The molecule has 0 saturated heterocycles. The summed E-state index contributed by atoms with van der Waals surface area (Å²) >= 11 is 3.67. The van der Waals surface area contributed by atoms with Gasteiger partial charge in [0.2, 0.25) is 0 Å². The number of aromatic nitrogens is 2. The molecule has 0 N–H and O–H groups in total. The number of nitrogens with zero attached hydrogens (tertiary/aromatic N) is 4. The largest absolute Gasteiger partial charge is 0.335 e. The topological polar surface area (TPSA) is 32.3 Å². The van der Waals surface area contributed by atoms with Gasteiger partial charge in [0.15, 0.2) is 0 Å². The predicted molar refractivity (Wildman–Crippen MR) is 173 cm³/mol. The van der Waals surface area contributed by atoms with Gasteiger partial charge in [0.25, 0.3) is 0 Å². The van der Waals surface area contributed by atoms with Gasteiger partial charge in [-0.1, -0.05) is 72.1 Å². The van der Waals surface area contributed by atoms with Crippen LogP contribution in [0.15, 0.2) is 153 Å². The number of rotatable bonds is 5. The third-order valence-electron chi connectivity index (χ3n) is 7.66. The fraction of sp³-hybridized carbons (Fsp3) is 0.0556. The van der Waals surface area contributed by atoms with Crippen molar-refractivity contribution < 1.29 is 0 Å². The van der Waals surface area contributed by atoms with Gasteiger partial charge >= 0.3 is 0 Å². The van der Waals surface area contributed by atoms with Gasteiger partial charge in [-0.15, -0.1) is 0 Å². The minimum Gasteiger partial charge on any atom is -0.335 e. The fourth-order valence-corrected chi connectivity index (χ4v) is 7.89. The highest BCUT2D eigenvalue weighted by atomic mass is 32.2. The molecule has 0 radical (unpaired) electrons. The van der Waals surface area contributed by atoms with Crippen LogP contribution >= 0.6 is 23.5 Å². The molecule has 0 aliphatic carbocycles. The Labute approximate surface area is 254 Å². The lowest BCUT2D eigenvalue weighted by Gasteiger charge is -2.33. The van der Waals surface area contributed by atoms with Crippen LogP contribution in [0.2, 0.25) is 0 Å². The zero-order valence-corrected chi connectivity index (χ0v) is 24.4. The number of pyridine rings is 2. The molecule has 0 amide bonds. The molecule has 0 spiro atoms. The average Bonchev–Trinajstić information content (AvgIpc) is 3.05. The zero-order chi connectivity index (χ0) is 27.9. The summed E-state index contributed by atoms with van der Waals surface area (Å²) in [6.45, 7) is 1.51. The highest BCUT2D eigenvalue weighted by molar-refractivity contribution is 8.00. The van der Waals surface area contributed by atoms with Crippen molar-refractivity contribution in [3.8, 4) is 11.4 Å². The lowest BCUT2D eigenvalue weighted by Crippen LogP contribution is -2.20. The van der Waals surface area contributed by atoms with Crippen LogP contribution in [0, 0.1) is 0 Å². The molecular weight excluding hydrogens is 553 g/mol. The Kier molecular flexibility index (Phi) is 6.43. The fourth-order valence-electron chi connectivity index (χ4n) is 5.69. The second kappa shape index (κ2) is 10.7. The Hall–Kier alpha value is -4.52. The zero-order valence-electron chi connectivity index (χ0n) is 22.7. The van der Waals surface area contributed by atoms with Crippen molar-refractivity contribution in [1.29, 1.82) is 0 Å². The molecule has 6 heteroatoms. The molecule has 4 heterocycles. The molecule has 0 fully saturated rings. The lowest BCUT2D eigenvalue weighted by molar-refractivity contribution is 0.931. The summed E-state index contributed by atoms with van der Waals surface area (Å²) in [5.74, 6) is 0. The second-order valence-electron chi connectivity index (χ2n) is 10.3. The number of para-hydroxylation sites is 4. The van der Waals surface area contributed by atoms with Gasteiger partial charge in [-0.05, 0) is 83.9 Å². The van der Waals surface area contributed by atoms with Gasteiger partial charge < -0.3 is 9.80 Å². The van der Waals surface area contributed by atoms with E-state index in [9.17, 15) is 0 Å². The predicted octanol–water partition coefficient (Wildman–Crippen LogP) is 9.75. The molecular formula is C36H26N4S2. The summed E-state index contributed by atoms with van der Waals surface area (Å²) in [4.78, 5) is 19.4. The van der Waals surface area contributed by atoms with Gasteiger partial charge in [0.1, 0.15) is 0 Å². The van der Waals surface area contributed by atoms with Gasteiger partial charge in [-0.25, -0.2) is 0 Å². The van der Waals surface area contributed by atoms with E-state index in [1.54, 1.807) is 0 Å². The molecule has 8 rings (SSSR count). The normalized spacial score (nSPS) is 13.1. The Bertz CT molecular complexity index is 1710. The number of fused-ring (bicyclic) bond motifs is 4. The monoisotopic (exact) mass is 578 g/mol. The van der Waals surface area contributed by atoms with E-state index < -0.39 is 0 Å². The van der Waals surface area contributed by atoms with Crippen LogP contribution in [0.4, 0.5) is 22.7 Å². The third-order valence-corrected chi connectivity index (χ3v) is 9.92. The van der Waals surface area contributed by atoms with Crippen LogP contribution in [-0.2, 0) is 13.1 Å². The molecule has 2 aliphatic heterocycles. The van der Waals surface area contributed by atoms with Crippen LogP contribution < -0.4 is 9.80 Å². The van der Waals surface area contributed by atoms with Crippen LogP contribution in [0.25, 0.3) is 11.4 Å². The van der Waals surface area contributed by atoms with E-state index in [1.807, 2.05) is 35.9 Å². The highest BCUT2D eigenvalue weighted by Crippen LogP contribution is 2.49. The first-order chi connectivity index (χ1) is 20.8. The van der Waals surface area contributed by atoms with Crippen molar-refractivity contribution in [2.24, 2.45) is 0 Å². The second-order valence-corrected chi connectivity index (χ2v) is 12.5. The number of hydrogen-bond acceptors (Lipinski definition) is 6. The first kappa shape index (κ1) is 25.2. The summed E-state index contributed by atoms with van der Waals surface area (Å²) in [6, 6.07) is 43.1. The number of benzene rings is 4. The Morgan fingerprint density at radius 1 is 0.429 bits per heavy atom. The maximum atomic E-state index is 4.75. The average molecular weight is 579 g/mol. The van der Waals surface area contributed by atoms with E-state index in [2.05, 4.69) is 131 Å². The van der Waals surface area contributed by atoms with E-state index in [0.29, 0.717) is 0 Å². The van der Waals surface area contributed by atoms with Crippen LogP contribution in [0.3, 0.4) is 0 Å². The summed E-state index contributed by atoms with van der Waals surface area (Å²) < 4.78 is 0. The van der Waals surface area contributed by atoms with Crippen LogP contribution in [0.1, 0.15) is 11.1 Å². The molecule has 2 aromatic heterocycles. The van der Waals surface area contributed by atoms with Crippen molar-refractivity contribution in [1.82, 2.24) is 9.97 Å². The van der Waals surface area contributed by atoms with Crippen LogP contribution in [-0.4, -0.2) is 9.97 Å². The maximum Gasteiger partial charge on any atom is 0.0889 e. The van der Waals surface area contributed by atoms with Crippen LogP contribution in [0.5, 0.6) is 0 Å². The smallest absolute Gasteiger partial charge is 0.0889 e. The van der Waals surface area contributed by atoms with E-state index in [0.717, 1.165) is 24.5 Å².